The predicted octanol–water partition coefficient (Wildman–Crippen LogP) is 6.21. The van der Waals surface area contributed by atoms with Gasteiger partial charge in [0.1, 0.15) is 0 Å². The van der Waals surface area contributed by atoms with E-state index in [-0.39, 0.29) is 0 Å². The standard InChI is InChI=1S/C25H26N2/c1-3-7-20(8-4-1)23-22(24(27-26-23)21-9-5-2-6-10-21)25-14-17-11-18(15-25)13-19(12-17)16-25/h1-10,17-19H,11-16H2,(H,26,27). The number of nitrogens with zero attached hydrogens (tertiary/aromatic N) is 1. The van der Waals surface area contributed by atoms with Gasteiger partial charge in [-0.25, -0.2) is 0 Å². The third-order valence-corrected chi connectivity index (χ3v) is 7.44. The second-order valence-corrected chi connectivity index (χ2v) is 9.25. The van der Waals surface area contributed by atoms with E-state index >= 15 is 0 Å². The lowest BCUT2D eigenvalue weighted by molar-refractivity contribution is -0.00465. The summed E-state index contributed by atoms with van der Waals surface area (Å²) in [5.74, 6) is 2.79. The number of aromatic nitrogens is 2. The minimum Gasteiger partial charge on any atom is -0.277 e. The van der Waals surface area contributed by atoms with Crippen molar-refractivity contribution in [2.24, 2.45) is 17.8 Å². The van der Waals surface area contributed by atoms with E-state index in [1.165, 1.54) is 66.6 Å². The molecule has 4 aliphatic carbocycles. The lowest BCUT2D eigenvalue weighted by Gasteiger charge is -2.57. The molecular formula is C25H26N2. The molecule has 1 N–H and O–H groups in total. The summed E-state index contributed by atoms with van der Waals surface area (Å²) in [6.07, 6.45) is 8.49. The third kappa shape index (κ3) is 2.42. The average Bonchev–Trinajstić information content (AvgIpc) is 3.14. The Morgan fingerprint density at radius 1 is 0.704 bits per heavy atom. The van der Waals surface area contributed by atoms with Gasteiger partial charge in [0.2, 0.25) is 0 Å². The van der Waals surface area contributed by atoms with Gasteiger partial charge in [-0.15, -0.1) is 0 Å². The van der Waals surface area contributed by atoms with Crippen LogP contribution in [0, 0.1) is 17.8 Å². The summed E-state index contributed by atoms with van der Waals surface area (Å²) in [6.45, 7) is 0. The number of nitrogens with one attached hydrogen (secondary N) is 1. The van der Waals surface area contributed by atoms with Crippen LogP contribution in [0.4, 0.5) is 0 Å². The SMILES string of the molecule is c1ccc(-c2n[nH]c(-c3ccccc3)c2C23CC4CC(CC(C4)C2)C3)cc1. The zero-order valence-electron chi connectivity index (χ0n) is 15.7. The number of hydrogen-bond donors (Lipinski definition) is 1. The lowest BCUT2D eigenvalue weighted by Crippen LogP contribution is -2.48. The van der Waals surface area contributed by atoms with E-state index in [4.69, 9.17) is 5.10 Å². The molecule has 2 aromatic carbocycles. The summed E-state index contributed by atoms with van der Waals surface area (Å²) in [4.78, 5) is 0. The van der Waals surface area contributed by atoms with E-state index in [2.05, 4.69) is 65.8 Å². The molecule has 0 radical (unpaired) electrons. The summed E-state index contributed by atoms with van der Waals surface area (Å²) >= 11 is 0. The first-order valence-corrected chi connectivity index (χ1v) is 10.5. The van der Waals surface area contributed by atoms with Gasteiger partial charge in [0.25, 0.3) is 0 Å². The first kappa shape index (κ1) is 15.7. The number of benzene rings is 2. The van der Waals surface area contributed by atoms with E-state index in [0.29, 0.717) is 5.41 Å². The predicted molar refractivity (Wildman–Crippen MR) is 109 cm³/mol. The Balaban J connectivity index is 1.57. The van der Waals surface area contributed by atoms with Crippen LogP contribution in [0.25, 0.3) is 22.5 Å². The summed E-state index contributed by atoms with van der Waals surface area (Å²) in [6, 6.07) is 21.6. The van der Waals surface area contributed by atoms with Crippen molar-refractivity contribution >= 4 is 0 Å². The monoisotopic (exact) mass is 354 g/mol. The maximum absolute atomic E-state index is 4.89. The van der Waals surface area contributed by atoms with Crippen molar-refractivity contribution < 1.29 is 0 Å². The number of aromatic amines is 1. The first-order chi connectivity index (χ1) is 13.3. The molecule has 0 spiro atoms. The largest absolute Gasteiger partial charge is 0.277 e. The van der Waals surface area contributed by atoms with Crippen molar-refractivity contribution in [3.05, 3.63) is 66.2 Å². The highest BCUT2D eigenvalue weighted by Crippen LogP contribution is 2.62. The van der Waals surface area contributed by atoms with E-state index < -0.39 is 0 Å². The van der Waals surface area contributed by atoms with Gasteiger partial charge < -0.3 is 0 Å². The Kier molecular flexibility index (Phi) is 3.38. The van der Waals surface area contributed by atoms with Crippen molar-refractivity contribution in [3.8, 4) is 22.5 Å². The van der Waals surface area contributed by atoms with Crippen molar-refractivity contribution in [1.82, 2.24) is 10.2 Å². The fourth-order valence-corrected chi connectivity index (χ4v) is 6.89. The van der Waals surface area contributed by atoms with Gasteiger partial charge in [-0.05, 0) is 61.8 Å². The topological polar surface area (TPSA) is 28.7 Å². The Hall–Kier alpha value is -2.35. The van der Waals surface area contributed by atoms with Crippen LogP contribution < -0.4 is 0 Å². The summed E-state index contributed by atoms with van der Waals surface area (Å²) in [5.41, 5.74) is 6.81. The molecule has 136 valence electrons. The lowest BCUT2D eigenvalue weighted by atomic mass is 9.47. The van der Waals surface area contributed by atoms with Crippen molar-refractivity contribution in [1.29, 1.82) is 0 Å². The van der Waals surface area contributed by atoms with Gasteiger partial charge >= 0.3 is 0 Å². The highest BCUT2D eigenvalue weighted by molar-refractivity contribution is 5.76. The van der Waals surface area contributed by atoms with Gasteiger partial charge in [0.15, 0.2) is 0 Å². The fourth-order valence-electron chi connectivity index (χ4n) is 6.89. The van der Waals surface area contributed by atoms with Crippen molar-refractivity contribution in [2.75, 3.05) is 0 Å². The summed E-state index contributed by atoms with van der Waals surface area (Å²) in [7, 11) is 0. The molecule has 0 unspecified atom stereocenters. The molecule has 4 fully saturated rings. The molecule has 3 aromatic rings. The molecule has 7 rings (SSSR count). The van der Waals surface area contributed by atoms with Crippen LogP contribution in [0.1, 0.15) is 44.1 Å². The Morgan fingerprint density at radius 3 is 1.78 bits per heavy atom. The molecule has 1 heterocycles. The number of hydrogen-bond acceptors (Lipinski definition) is 1. The van der Waals surface area contributed by atoms with Gasteiger partial charge in [0.05, 0.1) is 11.4 Å². The Bertz CT molecular complexity index is 862. The van der Waals surface area contributed by atoms with E-state index in [1.54, 1.807) is 0 Å². The second kappa shape index (κ2) is 5.82. The smallest absolute Gasteiger partial charge is 0.0964 e. The Labute approximate surface area is 161 Å². The van der Waals surface area contributed by atoms with E-state index in [1.807, 2.05) is 0 Å². The van der Waals surface area contributed by atoms with Crippen molar-refractivity contribution in [2.45, 2.75) is 43.9 Å². The quantitative estimate of drug-likeness (QED) is 0.595. The number of rotatable bonds is 3. The minimum absolute atomic E-state index is 0.318. The molecular weight excluding hydrogens is 328 g/mol. The fraction of sp³-hybridized carbons (Fsp3) is 0.400. The van der Waals surface area contributed by atoms with E-state index in [9.17, 15) is 0 Å². The second-order valence-electron chi connectivity index (χ2n) is 9.25. The average molecular weight is 354 g/mol. The molecule has 0 aliphatic heterocycles. The molecule has 0 saturated heterocycles. The highest BCUT2D eigenvalue weighted by Gasteiger charge is 2.53. The molecule has 1 aromatic heterocycles. The molecule has 2 heteroatoms. The van der Waals surface area contributed by atoms with Crippen LogP contribution in [0.15, 0.2) is 60.7 Å². The van der Waals surface area contributed by atoms with Crippen LogP contribution in [0.3, 0.4) is 0 Å². The summed E-state index contributed by atoms with van der Waals surface area (Å²) < 4.78 is 0. The van der Waals surface area contributed by atoms with E-state index in [0.717, 1.165) is 17.8 Å². The zero-order chi connectivity index (χ0) is 17.8. The van der Waals surface area contributed by atoms with Gasteiger partial charge in [-0.2, -0.15) is 5.10 Å². The van der Waals surface area contributed by atoms with Gasteiger partial charge in [0, 0.05) is 16.5 Å². The first-order valence-electron chi connectivity index (χ1n) is 10.5. The van der Waals surface area contributed by atoms with Crippen LogP contribution in [-0.4, -0.2) is 10.2 Å². The zero-order valence-corrected chi connectivity index (χ0v) is 15.7. The van der Waals surface area contributed by atoms with Crippen LogP contribution in [0.5, 0.6) is 0 Å². The minimum atomic E-state index is 0.318. The molecule has 27 heavy (non-hydrogen) atoms. The third-order valence-electron chi connectivity index (χ3n) is 7.44. The van der Waals surface area contributed by atoms with Crippen LogP contribution in [0.2, 0.25) is 0 Å². The number of H-pyrrole nitrogens is 1. The van der Waals surface area contributed by atoms with Crippen LogP contribution >= 0.6 is 0 Å². The molecule has 0 atom stereocenters. The van der Waals surface area contributed by atoms with Gasteiger partial charge in [-0.3, -0.25) is 5.10 Å². The Morgan fingerprint density at radius 2 is 1.22 bits per heavy atom. The highest BCUT2D eigenvalue weighted by atomic mass is 15.1. The summed E-state index contributed by atoms with van der Waals surface area (Å²) in [5, 5.41) is 8.36. The molecule has 4 aliphatic rings. The molecule has 4 bridgehead atoms. The van der Waals surface area contributed by atoms with Crippen molar-refractivity contribution in [3.63, 3.8) is 0 Å². The normalized spacial score (nSPS) is 31.3. The molecule has 0 amide bonds. The maximum Gasteiger partial charge on any atom is 0.0964 e. The van der Waals surface area contributed by atoms with Crippen LogP contribution in [-0.2, 0) is 5.41 Å². The van der Waals surface area contributed by atoms with Gasteiger partial charge in [-0.1, -0.05) is 60.7 Å². The molecule has 4 saturated carbocycles. The maximum atomic E-state index is 4.89. The molecule has 2 nitrogen and oxygen atoms in total.